The number of unbranched alkanes of at least 4 members (excludes halogenated alkanes) is 1. The molecule has 33 heavy (non-hydrogen) atoms. The number of likely N-dealkylation sites (tertiary alicyclic amines) is 1. The predicted molar refractivity (Wildman–Crippen MR) is 127 cm³/mol. The number of hydrogen-bond donors (Lipinski definition) is 2. The number of aromatic hydroxyl groups is 1. The summed E-state index contributed by atoms with van der Waals surface area (Å²) < 4.78 is 5.79. The standard InChI is InChI=1S/C26H32N2O5/c1-5-6-15-33-21-12-9-19(16-17(21)2)24(30)22-23(18-7-10-20(29)11-8-18)28(14-13-27(3)4)26(32)25(22)31/h7-12,16,23,29-30H,5-6,13-15H2,1-4H3/t23-/m1/s1. The van der Waals surface area contributed by atoms with Gasteiger partial charge in [0.25, 0.3) is 11.7 Å². The lowest BCUT2D eigenvalue weighted by molar-refractivity contribution is -0.140. The number of rotatable bonds is 9. The maximum atomic E-state index is 13.1. The first-order valence-electron chi connectivity index (χ1n) is 11.2. The molecule has 0 radical (unpaired) electrons. The normalized spacial score (nSPS) is 17.7. The zero-order valence-electron chi connectivity index (χ0n) is 19.7. The third-order valence-corrected chi connectivity index (χ3v) is 5.74. The molecule has 1 amide bonds. The van der Waals surface area contributed by atoms with Crippen LogP contribution >= 0.6 is 0 Å². The number of ether oxygens (including phenoxy) is 1. The molecule has 1 heterocycles. The molecule has 0 spiro atoms. The number of aliphatic hydroxyl groups is 1. The molecule has 1 aliphatic heterocycles. The van der Waals surface area contributed by atoms with Crippen molar-refractivity contribution in [3.05, 3.63) is 64.7 Å². The van der Waals surface area contributed by atoms with Crippen LogP contribution < -0.4 is 4.74 Å². The third-order valence-electron chi connectivity index (χ3n) is 5.74. The summed E-state index contributed by atoms with van der Waals surface area (Å²) in [4.78, 5) is 29.4. The van der Waals surface area contributed by atoms with Gasteiger partial charge in [-0.15, -0.1) is 0 Å². The lowest BCUT2D eigenvalue weighted by Crippen LogP contribution is -2.35. The summed E-state index contributed by atoms with van der Waals surface area (Å²) in [7, 11) is 3.78. The molecule has 2 aromatic carbocycles. The highest BCUT2D eigenvalue weighted by Crippen LogP contribution is 2.40. The molecular formula is C26H32N2O5. The lowest BCUT2D eigenvalue weighted by atomic mass is 9.94. The zero-order valence-corrected chi connectivity index (χ0v) is 19.7. The van der Waals surface area contributed by atoms with E-state index in [1.54, 1.807) is 30.3 Å². The summed E-state index contributed by atoms with van der Waals surface area (Å²) >= 11 is 0. The van der Waals surface area contributed by atoms with E-state index in [9.17, 15) is 19.8 Å². The van der Waals surface area contributed by atoms with E-state index in [1.165, 1.54) is 17.0 Å². The van der Waals surface area contributed by atoms with Crippen LogP contribution in [0.2, 0.25) is 0 Å². The molecule has 176 valence electrons. The fourth-order valence-corrected chi connectivity index (χ4v) is 3.86. The Bertz CT molecular complexity index is 1040. The van der Waals surface area contributed by atoms with Gasteiger partial charge in [0.05, 0.1) is 18.2 Å². The van der Waals surface area contributed by atoms with Crippen molar-refractivity contribution in [2.45, 2.75) is 32.7 Å². The average molecular weight is 453 g/mol. The molecule has 1 saturated heterocycles. The van der Waals surface area contributed by atoms with E-state index in [2.05, 4.69) is 6.92 Å². The molecule has 2 N–H and O–H groups in total. The van der Waals surface area contributed by atoms with Crippen molar-refractivity contribution >= 4 is 17.4 Å². The second-order valence-corrected chi connectivity index (χ2v) is 8.57. The number of carbonyl (C=O) groups excluding carboxylic acids is 2. The van der Waals surface area contributed by atoms with Gasteiger partial charge in [-0.25, -0.2) is 0 Å². The average Bonchev–Trinajstić information content (AvgIpc) is 3.03. The minimum absolute atomic E-state index is 0.0449. The number of Topliss-reactive ketones (excluding diaryl/α,β-unsaturated/α-hetero) is 1. The molecule has 7 nitrogen and oxygen atoms in total. The Kier molecular flexibility index (Phi) is 7.76. The number of phenolic OH excluding ortho intramolecular Hbond substituents is 1. The Morgan fingerprint density at radius 3 is 2.42 bits per heavy atom. The number of amides is 1. The summed E-state index contributed by atoms with van der Waals surface area (Å²) in [6.07, 6.45) is 1.98. The van der Waals surface area contributed by atoms with Gasteiger partial charge in [0.1, 0.15) is 17.3 Å². The second-order valence-electron chi connectivity index (χ2n) is 8.57. The predicted octanol–water partition coefficient (Wildman–Crippen LogP) is 3.86. The monoisotopic (exact) mass is 452 g/mol. The van der Waals surface area contributed by atoms with Gasteiger partial charge in [-0.2, -0.15) is 0 Å². The fourth-order valence-electron chi connectivity index (χ4n) is 3.86. The van der Waals surface area contributed by atoms with Crippen molar-refractivity contribution in [2.75, 3.05) is 33.8 Å². The molecule has 0 unspecified atom stereocenters. The number of carbonyl (C=O) groups is 2. The zero-order chi connectivity index (χ0) is 24.1. The first-order valence-corrected chi connectivity index (χ1v) is 11.2. The highest BCUT2D eigenvalue weighted by molar-refractivity contribution is 6.46. The van der Waals surface area contributed by atoms with Crippen LogP contribution in [0, 0.1) is 6.92 Å². The van der Waals surface area contributed by atoms with Crippen molar-refractivity contribution in [3.8, 4) is 11.5 Å². The molecular weight excluding hydrogens is 420 g/mol. The van der Waals surface area contributed by atoms with E-state index >= 15 is 0 Å². The minimum Gasteiger partial charge on any atom is -0.508 e. The van der Waals surface area contributed by atoms with Gasteiger partial charge >= 0.3 is 0 Å². The maximum Gasteiger partial charge on any atom is 0.295 e. The van der Waals surface area contributed by atoms with E-state index in [1.807, 2.05) is 25.9 Å². The molecule has 1 atom stereocenters. The Morgan fingerprint density at radius 2 is 1.82 bits per heavy atom. The van der Waals surface area contributed by atoms with Crippen LogP contribution in [0.4, 0.5) is 0 Å². The smallest absolute Gasteiger partial charge is 0.295 e. The van der Waals surface area contributed by atoms with Gasteiger partial charge in [-0.1, -0.05) is 25.5 Å². The number of aliphatic hydroxyl groups excluding tert-OH is 1. The second kappa shape index (κ2) is 10.5. The van der Waals surface area contributed by atoms with E-state index in [-0.39, 0.29) is 17.1 Å². The fraction of sp³-hybridized carbons (Fsp3) is 0.385. The topological polar surface area (TPSA) is 90.3 Å². The summed E-state index contributed by atoms with van der Waals surface area (Å²) in [5, 5.41) is 20.9. The van der Waals surface area contributed by atoms with Gasteiger partial charge in [0, 0.05) is 18.7 Å². The van der Waals surface area contributed by atoms with Crippen LogP contribution in [0.15, 0.2) is 48.0 Å². The van der Waals surface area contributed by atoms with Crippen molar-refractivity contribution in [1.82, 2.24) is 9.80 Å². The highest BCUT2D eigenvalue weighted by Gasteiger charge is 2.45. The summed E-state index contributed by atoms with van der Waals surface area (Å²) in [6, 6.07) is 10.8. The molecule has 0 aromatic heterocycles. The van der Waals surface area contributed by atoms with Crippen LogP contribution in [0.25, 0.3) is 5.76 Å². The maximum absolute atomic E-state index is 13.1. The van der Waals surface area contributed by atoms with Crippen molar-refractivity contribution in [2.24, 2.45) is 0 Å². The Hall–Kier alpha value is -3.32. The van der Waals surface area contributed by atoms with E-state index < -0.39 is 17.7 Å². The van der Waals surface area contributed by atoms with E-state index in [0.29, 0.717) is 30.8 Å². The van der Waals surface area contributed by atoms with Crippen LogP contribution in [0.5, 0.6) is 11.5 Å². The van der Waals surface area contributed by atoms with Gasteiger partial charge < -0.3 is 24.7 Å². The quantitative estimate of drug-likeness (QED) is 0.260. The first-order chi connectivity index (χ1) is 15.7. The number of ketones is 1. The van der Waals surface area contributed by atoms with Crippen LogP contribution in [0.3, 0.4) is 0 Å². The van der Waals surface area contributed by atoms with E-state index in [4.69, 9.17) is 4.74 Å². The number of benzene rings is 2. The van der Waals surface area contributed by atoms with Crippen LogP contribution in [0.1, 0.15) is 42.5 Å². The summed E-state index contributed by atoms with van der Waals surface area (Å²) in [5.41, 5.74) is 1.97. The number of nitrogens with zero attached hydrogens (tertiary/aromatic N) is 2. The summed E-state index contributed by atoms with van der Waals surface area (Å²) in [5.74, 6) is -0.778. The third kappa shape index (κ3) is 5.37. The molecule has 0 bridgehead atoms. The molecule has 0 aliphatic carbocycles. The summed E-state index contributed by atoms with van der Waals surface area (Å²) in [6.45, 7) is 5.47. The Labute approximate surface area is 194 Å². The Morgan fingerprint density at radius 1 is 1.12 bits per heavy atom. The molecule has 3 rings (SSSR count). The first kappa shape index (κ1) is 24.3. The Balaban J connectivity index is 2.04. The van der Waals surface area contributed by atoms with Crippen molar-refractivity contribution in [1.29, 1.82) is 0 Å². The minimum atomic E-state index is -0.744. The number of aryl methyl sites for hydroxylation is 1. The molecule has 2 aromatic rings. The molecule has 1 fully saturated rings. The molecule has 0 saturated carbocycles. The number of phenols is 1. The largest absolute Gasteiger partial charge is 0.508 e. The van der Waals surface area contributed by atoms with E-state index in [0.717, 1.165) is 24.2 Å². The SMILES string of the molecule is CCCCOc1ccc(C(O)=C2C(=O)C(=O)N(CCN(C)C)[C@@H]2c2ccc(O)cc2)cc1C. The number of hydrogen-bond acceptors (Lipinski definition) is 6. The van der Waals surface area contributed by atoms with Gasteiger partial charge in [-0.05, 0) is 68.9 Å². The van der Waals surface area contributed by atoms with Gasteiger partial charge in [0.15, 0.2) is 0 Å². The van der Waals surface area contributed by atoms with Crippen LogP contribution in [-0.4, -0.2) is 65.5 Å². The van der Waals surface area contributed by atoms with Gasteiger partial charge in [-0.3, -0.25) is 9.59 Å². The van der Waals surface area contributed by atoms with Crippen molar-refractivity contribution < 1.29 is 24.5 Å². The van der Waals surface area contributed by atoms with Gasteiger partial charge in [0.2, 0.25) is 0 Å². The lowest BCUT2D eigenvalue weighted by Gasteiger charge is -2.26. The van der Waals surface area contributed by atoms with Crippen LogP contribution in [-0.2, 0) is 9.59 Å². The van der Waals surface area contributed by atoms with Crippen molar-refractivity contribution in [3.63, 3.8) is 0 Å². The molecule has 7 heteroatoms. The number of likely N-dealkylation sites (N-methyl/N-ethyl adjacent to an activating group) is 1. The molecule has 1 aliphatic rings. The highest BCUT2D eigenvalue weighted by atomic mass is 16.5.